The van der Waals surface area contributed by atoms with E-state index in [0.717, 1.165) is 11.3 Å². The number of carbonyl (C=O) groups is 2. The average Bonchev–Trinajstić information content (AvgIpc) is 2.72. The number of para-hydroxylation sites is 1. The third-order valence-electron chi connectivity index (χ3n) is 4.45. The van der Waals surface area contributed by atoms with Gasteiger partial charge in [-0.3, -0.25) is 4.79 Å². The van der Waals surface area contributed by atoms with Crippen LogP contribution in [-0.2, 0) is 19.4 Å². The summed E-state index contributed by atoms with van der Waals surface area (Å²) in [7, 11) is -3.58. The van der Waals surface area contributed by atoms with Gasteiger partial charge < -0.3 is 14.8 Å². The van der Waals surface area contributed by atoms with Gasteiger partial charge >= 0.3 is 5.97 Å². The zero-order valence-electron chi connectivity index (χ0n) is 15.4. The van der Waals surface area contributed by atoms with Crippen molar-refractivity contribution in [2.75, 3.05) is 19.0 Å². The summed E-state index contributed by atoms with van der Waals surface area (Å²) in [4.78, 5) is 24.5. The predicted molar refractivity (Wildman–Crippen MR) is 102 cm³/mol. The number of carbonyl (C=O) groups excluding carboxylic acids is 2. The number of esters is 1. The molecule has 1 N–H and O–H groups in total. The highest BCUT2D eigenvalue weighted by Gasteiger charge is 2.25. The zero-order valence-corrected chi connectivity index (χ0v) is 16.2. The summed E-state index contributed by atoms with van der Waals surface area (Å²) in [5, 5.41) is 2.82. The van der Waals surface area contributed by atoms with E-state index in [1.165, 1.54) is 25.1 Å². The number of amides is 1. The van der Waals surface area contributed by atoms with Crippen LogP contribution in [-0.4, -0.2) is 39.3 Å². The third kappa shape index (κ3) is 4.33. The molecule has 0 saturated heterocycles. The normalized spacial score (nSPS) is 15.8. The molecule has 8 heteroatoms. The maximum absolute atomic E-state index is 12.3. The first-order valence-electron chi connectivity index (χ1n) is 8.92. The summed E-state index contributed by atoms with van der Waals surface area (Å²) >= 11 is 0. The Morgan fingerprint density at radius 1 is 1.14 bits per heavy atom. The number of benzene rings is 2. The van der Waals surface area contributed by atoms with E-state index in [4.69, 9.17) is 9.47 Å². The Hall–Kier alpha value is -2.87. The highest BCUT2D eigenvalue weighted by Crippen LogP contribution is 2.31. The third-order valence-corrected chi connectivity index (χ3v) is 6.24. The summed E-state index contributed by atoms with van der Waals surface area (Å²) in [5.41, 5.74) is 0.793. The maximum atomic E-state index is 12.3. The lowest BCUT2D eigenvalue weighted by Gasteiger charge is -2.26. The molecular formula is C20H21NO6S. The molecule has 0 spiro atoms. The quantitative estimate of drug-likeness (QED) is 0.743. The molecule has 0 fully saturated rings. The van der Waals surface area contributed by atoms with E-state index in [1.807, 2.05) is 24.3 Å². The standard InChI is InChI=1S/C20H21NO6S/c1-2-28(24,25)18-10-6-4-8-15(18)20(23)27-13-19(22)21-16-11-12-26-17-9-5-3-7-14(16)17/h3-10,16H,2,11-13H2,1H3,(H,21,22). The van der Waals surface area contributed by atoms with Crippen molar-refractivity contribution in [2.45, 2.75) is 24.3 Å². The molecule has 0 aromatic heterocycles. The van der Waals surface area contributed by atoms with Crippen LogP contribution in [0.15, 0.2) is 53.4 Å². The molecular weight excluding hydrogens is 382 g/mol. The highest BCUT2D eigenvalue weighted by molar-refractivity contribution is 7.91. The molecule has 1 heterocycles. The number of nitrogens with one attached hydrogen (secondary N) is 1. The van der Waals surface area contributed by atoms with E-state index in [0.29, 0.717) is 13.0 Å². The summed E-state index contributed by atoms with van der Waals surface area (Å²) in [6.07, 6.45) is 0.605. The highest BCUT2D eigenvalue weighted by atomic mass is 32.2. The minimum absolute atomic E-state index is 0.0754. The van der Waals surface area contributed by atoms with Crippen LogP contribution in [0, 0.1) is 0 Å². The van der Waals surface area contributed by atoms with Gasteiger partial charge in [-0.25, -0.2) is 13.2 Å². The van der Waals surface area contributed by atoms with Crippen LogP contribution in [0.4, 0.5) is 0 Å². The number of fused-ring (bicyclic) bond motifs is 1. The molecule has 0 aliphatic carbocycles. The largest absolute Gasteiger partial charge is 0.493 e. The van der Waals surface area contributed by atoms with Gasteiger partial charge in [0.15, 0.2) is 16.4 Å². The molecule has 1 atom stereocenters. The van der Waals surface area contributed by atoms with Gasteiger partial charge in [0.1, 0.15) is 5.75 Å². The van der Waals surface area contributed by atoms with E-state index in [1.54, 1.807) is 6.07 Å². The van der Waals surface area contributed by atoms with Gasteiger partial charge in [-0.15, -0.1) is 0 Å². The molecule has 0 radical (unpaired) electrons. The van der Waals surface area contributed by atoms with Gasteiger partial charge in [0, 0.05) is 12.0 Å². The summed E-state index contributed by atoms with van der Waals surface area (Å²) in [6, 6.07) is 13.0. The van der Waals surface area contributed by atoms with Crippen molar-refractivity contribution in [1.82, 2.24) is 5.32 Å². The van der Waals surface area contributed by atoms with E-state index in [-0.39, 0.29) is 22.3 Å². The number of ether oxygens (including phenoxy) is 2. The first-order chi connectivity index (χ1) is 13.4. The van der Waals surface area contributed by atoms with Gasteiger partial charge in [-0.05, 0) is 18.2 Å². The number of hydrogen-bond donors (Lipinski definition) is 1. The van der Waals surface area contributed by atoms with Gasteiger partial charge in [0.05, 0.1) is 28.9 Å². The van der Waals surface area contributed by atoms with Crippen LogP contribution in [0.1, 0.15) is 35.3 Å². The van der Waals surface area contributed by atoms with Crippen molar-refractivity contribution >= 4 is 21.7 Å². The molecule has 3 rings (SSSR count). The Kier molecular flexibility index (Phi) is 5.99. The number of rotatable bonds is 6. The maximum Gasteiger partial charge on any atom is 0.339 e. The van der Waals surface area contributed by atoms with Gasteiger partial charge in [-0.1, -0.05) is 37.3 Å². The Labute approximate surface area is 163 Å². The van der Waals surface area contributed by atoms with Gasteiger partial charge in [0.25, 0.3) is 5.91 Å². The summed E-state index contributed by atoms with van der Waals surface area (Å²) in [5.74, 6) is -0.739. The summed E-state index contributed by atoms with van der Waals surface area (Å²) < 4.78 is 34.9. The molecule has 1 aliphatic heterocycles. The molecule has 1 amide bonds. The summed E-state index contributed by atoms with van der Waals surface area (Å²) in [6.45, 7) is 1.47. The van der Waals surface area contributed by atoms with Crippen LogP contribution < -0.4 is 10.1 Å². The van der Waals surface area contributed by atoms with Crippen molar-refractivity contribution in [2.24, 2.45) is 0 Å². The van der Waals surface area contributed by atoms with Crippen molar-refractivity contribution in [3.63, 3.8) is 0 Å². The minimum Gasteiger partial charge on any atom is -0.493 e. The predicted octanol–water partition coefficient (Wildman–Crippen LogP) is 2.28. The van der Waals surface area contributed by atoms with Crippen LogP contribution in [0.5, 0.6) is 5.75 Å². The lowest BCUT2D eigenvalue weighted by atomic mass is 10.0. The van der Waals surface area contributed by atoms with Gasteiger partial charge in [0.2, 0.25) is 0 Å². The van der Waals surface area contributed by atoms with Crippen molar-refractivity contribution in [3.05, 3.63) is 59.7 Å². The van der Waals surface area contributed by atoms with Crippen molar-refractivity contribution < 1.29 is 27.5 Å². The second-order valence-electron chi connectivity index (χ2n) is 6.27. The van der Waals surface area contributed by atoms with E-state index < -0.39 is 28.3 Å². The molecule has 2 aromatic rings. The molecule has 7 nitrogen and oxygen atoms in total. The number of hydrogen-bond acceptors (Lipinski definition) is 6. The molecule has 0 bridgehead atoms. The van der Waals surface area contributed by atoms with Crippen LogP contribution in [0.25, 0.3) is 0 Å². The Balaban J connectivity index is 1.64. The first kappa shape index (κ1) is 19.9. The van der Waals surface area contributed by atoms with Crippen LogP contribution in [0.3, 0.4) is 0 Å². The van der Waals surface area contributed by atoms with Crippen molar-refractivity contribution in [3.8, 4) is 5.75 Å². The molecule has 28 heavy (non-hydrogen) atoms. The average molecular weight is 403 g/mol. The smallest absolute Gasteiger partial charge is 0.339 e. The van der Waals surface area contributed by atoms with Crippen LogP contribution in [0.2, 0.25) is 0 Å². The fraction of sp³-hybridized carbons (Fsp3) is 0.300. The Morgan fingerprint density at radius 2 is 1.86 bits per heavy atom. The lowest BCUT2D eigenvalue weighted by Crippen LogP contribution is -2.35. The van der Waals surface area contributed by atoms with Gasteiger partial charge in [-0.2, -0.15) is 0 Å². The SMILES string of the molecule is CCS(=O)(=O)c1ccccc1C(=O)OCC(=O)NC1CCOc2ccccc21. The monoisotopic (exact) mass is 403 g/mol. The second kappa shape index (κ2) is 8.43. The molecule has 2 aromatic carbocycles. The number of sulfone groups is 1. The van der Waals surface area contributed by atoms with Crippen LogP contribution >= 0.6 is 0 Å². The van der Waals surface area contributed by atoms with E-state index in [9.17, 15) is 18.0 Å². The molecule has 1 aliphatic rings. The topological polar surface area (TPSA) is 98.8 Å². The van der Waals surface area contributed by atoms with E-state index >= 15 is 0 Å². The zero-order chi connectivity index (χ0) is 20.1. The van der Waals surface area contributed by atoms with Crippen molar-refractivity contribution in [1.29, 1.82) is 0 Å². The Bertz CT molecular complexity index is 986. The first-order valence-corrected chi connectivity index (χ1v) is 10.6. The Morgan fingerprint density at radius 3 is 2.64 bits per heavy atom. The fourth-order valence-electron chi connectivity index (χ4n) is 3.00. The molecule has 0 saturated carbocycles. The minimum atomic E-state index is -3.58. The molecule has 148 valence electrons. The fourth-order valence-corrected chi connectivity index (χ4v) is 4.08. The second-order valence-corrected chi connectivity index (χ2v) is 8.52. The van der Waals surface area contributed by atoms with E-state index in [2.05, 4.69) is 5.32 Å². The molecule has 1 unspecified atom stereocenters. The lowest BCUT2D eigenvalue weighted by molar-refractivity contribution is -0.125.